The molecule has 5 heteroatoms. The SMILES string of the molecule is c1cccc(-c2ccc(-c3nc(-c4ccccc4)nc(-n4c5ccccc5c5cccc(-c6ccccc6)c54)n3)cc2-n2c3c(c4ccccc42)C=CCC3)c#1. The van der Waals surface area contributed by atoms with Crippen molar-refractivity contribution in [2.45, 2.75) is 12.8 Å². The number of aromatic nitrogens is 5. The first-order valence-electron chi connectivity index (χ1n) is 19.0. The number of hydrogen-bond acceptors (Lipinski definition) is 3. The van der Waals surface area contributed by atoms with Crippen molar-refractivity contribution in [2.75, 3.05) is 0 Å². The summed E-state index contributed by atoms with van der Waals surface area (Å²) >= 11 is 0. The van der Waals surface area contributed by atoms with E-state index in [9.17, 15) is 0 Å². The van der Waals surface area contributed by atoms with Crippen molar-refractivity contribution in [3.05, 3.63) is 193 Å². The van der Waals surface area contributed by atoms with Crippen LogP contribution in [0.4, 0.5) is 0 Å². The number of fused-ring (bicyclic) bond motifs is 6. The fourth-order valence-corrected chi connectivity index (χ4v) is 8.43. The number of para-hydroxylation sites is 3. The molecule has 0 N–H and O–H groups in total. The first-order valence-corrected chi connectivity index (χ1v) is 19.0. The fourth-order valence-electron chi connectivity index (χ4n) is 8.43. The molecule has 3 heterocycles. The van der Waals surface area contributed by atoms with Crippen LogP contribution in [0.25, 0.3) is 95.5 Å². The molecule has 0 saturated heterocycles. The lowest BCUT2D eigenvalue weighted by atomic mass is 10.0. The third-order valence-corrected chi connectivity index (χ3v) is 10.9. The van der Waals surface area contributed by atoms with Crippen molar-refractivity contribution in [3.8, 4) is 56.7 Å². The first-order chi connectivity index (χ1) is 27.8. The second kappa shape index (κ2) is 13.1. The Labute approximate surface area is 324 Å². The van der Waals surface area contributed by atoms with Gasteiger partial charge in [0.25, 0.3) is 0 Å². The molecule has 0 unspecified atom stereocenters. The van der Waals surface area contributed by atoms with Gasteiger partial charge in [-0.15, -0.1) is 0 Å². The van der Waals surface area contributed by atoms with Crippen molar-refractivity contribution in [2.24, 2.45) is 0 Å². The number of rotatable bonds is 6. The maximum atomic E-state index is 5.39. The Morgan fingerprint density at radius 2 is 1.21 bits per heavy atom. The predicted molar refractivity (Wildman–Crippen MR) is 228 cm³/mol. The normalized spacial score (nSPS) is 12.3. The monoisotopic (exact) mass is 715 g/mol. The van der Waals surface area contributed by atoms with Crippen LogP contribution in [0.5, 0.6) is 0 Å². The molecule has 0 atom stereocenters. The maximum Gasteiger partial charge on any atom is 0.238 e. The molecule has 5 nitrogen and oxygen atoms in total. The maximum absolute atomic E-state index is 5.39. The quantitative estimate of drug-likeness (QED) is 0.172. The summed E-state index contributed by atoms with van der Waals surface area (Å²) in [6, 6.07) is 63.7. The largest absolute Gasteiger partial charge is 0.312 e. The zero-order chi connectivity index (χ0) is 37.0. The Kier molecular flexibility index (Phi) is 7.46. The van der Waals surface area contributed by atoms with Crippen molar-refractivity contribution < 1.29 is 0 Å². The molecule has 1 aliphatic carbocycles. The molecular formula is C51H33N5. The summed E-state index contributed by atoms with van der Waals surface area (Å²) in [6.45, 7) is 0. The summed E-state index contributed by atoms with van der Waals surface area (Å²) in [5, 5.41) is 3.53. The third-order valence-electron chi connectivity index (χ3n) is 10.9. The number of hydrogen-bond donors (Lipinski definition) is 0. The highest BCUT2D eigenvalue weighted by Crippen LogP contribution is 2.40. The van der Waals surface area contributed by atoms with Gasteiger partial charge < -0.3 is 4.57 Å². The lowest BCUT2D eigenvalue weighted by molar-refractivity contribution is 0.889. The summed E-state index contributed by atoms with van der Waals surface area (Å²) in [6.07, 6.45) is 6.50. The van der Waals surface area contributed by atoms with E-state index < -0.39 is 0 Å². The second-order valence-corrected chi connectivity index (χ2v) is 14.2. The predicted octanol–water partition coefficient (Wildman–Crippen LogP) is 12.1. The molecule has 10 aromatic rings. The van der Waals surface area contributed by atoms with Crippen LogP contribution in [0.2, 0.25) is 0 Å². The molecule has 0 spiro atoms. The molecule has 11 rings (SSSR count). The Bertz CT molecular complexity index is 3120. The Hall–Kier alpha value is -7.55. The Balaban J connectivity index is 1.21. The van der Waals surface area contributed by atoms with Gasteiger partial charge in [-0.2, -0.15) is 9.97 Å². The van der Waals surface area contributed by atoms with Crippen LogP contribution in [0.15, 0.2) is 170 Å². The van der Waals surface area contributed by atoms with Gasteiger partial charge in [0.15, 0.2) is 11.6 Å². The molecule has 0 bridgehead atoms. The smallest absolute Gasteiger partial charge is 0.238 e. The lowest BCUT2D eigenvalue weighted by Crippen LogP contribution is -2.08. The fraction of sp³-hybridized carbons (Fsp3) is 0.0392. The van der Waals surface area contributed by atoms with Crippen molar-refractivity contribution in [1.82, 2.24) is 24.1 Å². The topological polar surface area (TPSA) is 48.5 Å². The van der Waals surface area contributed by atoms with Crippen molar-refractivity contribution in [3.63, 3.8) is 0 Å². The van der Waals surface area contributed by atoms with E-state index in [1.807, 2.05) is 30.3 Å². The van der Waals surface area contributed by atoms with Gasteiger partial charge in [-0.1, -0.05) is 158 Å². The summed E-state index contributed by atoms with van der Waals surface area (Å²) in [5.41, 5.74) is 13.0. The van der Waals surface area contributed by atoms with E-state index >= 15 is 0 Å². The highest BCUT2D eigenvalue weighted by molar-refractivity contribution is 6.13. The molecule has 262 valence electrons. The van der Waals surface area contributed by atoms with Crippen LogP contribution >= 0.6 is 0 Å². The minimum Gasteiger partial charge on any atom is -0.312 e. The average Bonchev–Trinajstić information content (AvgIpc) is 3.80. The minimum atomic E-state index is 0.564. The average molecular weight is 716 g/mol. The molecule has 0 amide bonds. The zero-order valence-electron chi connectivity index (χ0n) is 30.4. The molecule has 0 radical (unpaired) electrons. The highest BCUT2D eigenvalue weighted by Gasteiger charge is 2.24. The van der Waals surface area contributed by atoms with Crippen LogP contribution in [0.1, 0.15) is 17.7 Å². The van der Waals surface area contributed by atoms with Gasteiger partial charge in [-0.05, 0) is 48.7 Å². The van der Waals surface area contributed by atoms with Crippen molar-refractivity contribution >= 4 is 38.8 Å². The van der Waals surface area contributed by atoms with Crippen LogP contribution in [0.3, 0.4) is 0 Å². The molecule has 7 aromatic carbocycles. The summed E-state index contributed by atoms with van der Waals surface area (Å²) in [4.78, 5) is 15.9. The summed E-state index contributed by atoms with van der Waals surface area (Å²) in [5.74, 6) is 1.77. The van der Waals surface area contributed by atoms with E-state index in [2.05, 4.69) is 167 Å². The lowest BCUT2D eigenvalue weighted by Gasteiger charge is -2.18. The van der Waals surface area contributed by atoms with E-state index in [4.69, 9.17) is 15.0 Å². The number of allylic oxidation sites excluding steroid dienone is 1. The zero-order valence-corrected chi connectivity index (χ0v) is 30.4. The van der Waals surface area contributed by atoms with Crippen LogP contribution in [-0.2, 0) is 6.42 Å². The van der Waals surface area contributed by atoms with Crippen molar-refractivity contribution in [1.29, 1.82) is 0 Å². The standard InChI is InChI=1S/C51H33N5/c1-4-17-34(18-5-1)38-32-31-37(33-47(38)55-44-28-13-10-23-40(44)41-24-11-14-29-45(41)55)50-52-49(36-21-8-3-9-22-36)53-51(54-50)56-46-30-15-12-25-42(46)43-27-16-26-39(48(43)56)35-19-6-2-7-20-35/h1-4,6-13,15-17,19-28,30-33H,14,29H2. The molecule has 0 saturated carbocycles. The van der Waals surface area contributed by atoms with Gasteiger partial charge in [-0.3, -0.25) is 4.57 Å². The molecule has 0 aliphatic heterocycles. The van der Waals surface area contributed by atoms with E-state index in [-0.39, 0.29) is 0 Å². The highest BCUT2D eigenvalue weighted by atomic mass is 15.2. The minimum absolute atomic E-state index is 0.564. The summed E-state index contributed by atoms with van der Waals surface area (Å²) < 4.78 is 4.66. The van der Waals surface area contributed by atoms with Crippen LogP contribution in [-0.4, -0.2) is 24.1 Å². The molecule has 56 heavy (non-hydrogen) atoms. The van der Waals surface area contributed by atoms with Gasteiger partial charge in [0.2, 0.25) is 5.95 Å². The third kappa shape index (κ3) is 5.15. The Morgan fingerprint density at radius 3 is 2.00 bits per heavy atom. The Morgan fingerprint density at radius 1 is 0.518 bits per heavy atom. The van der Waals surface area contributed by atoms with E-state index in [0.29, 0.717) is 17.6 Å². The van der Waals surface area contributed by atoms with Crippen LogP contribution < -0.4 is 0 Å². The van der Waals surface area contributed by atoms with E-state index in [1.165, 1.54) is 22.2 Å². The summed E-state index contributed by atoms with van der Waals surface area (Å²) in [7, 11) is 0. The number of benzene rings is 6. The van der Waals surface area contributed by atoms with Gasteiger partial charge >= 0.3 is 0 Å². The van der Waals surface area contributed by atoms with Gasteiger partial charge in [-0.25, -0.2) is 4.98 Å². The molecule has 0 fully saturated rings. The van der Waals surface area contributed by atoms with E-state index in [0.717, 1.165) is 73.7 Å². The molecular weight excluding hydrogens is 683 g/mol. The van der Waals surface area contributed by atoms with Crippen LogP contribution in [0, 0.1) is 12.1 Å². The van der Waals surface area contributed by atoms with Gasteiger partial charge in [0.1, 0.15) is 0 Å². The molecule has 1 aliphatic rings. The van der Waals surface area contributed by atoms with Gasteiger partial charge in [0, 0.05) is 55.2 Å². The van der Waals surface area contributed by atoms with E-state index in [1.54, 1.807) is 0 Å². The first kappa shape index (κ1) is 31.9. The number of nitrogens with zero attached hydrogens (tertiary/aromatic N) is 5. The van der Waals surface area contributed by atoms with Gasteiger partial charge in [0.05, 0.1) is 22.2 Å². The molecule has 3 aromatic heterocycles. The second-order valence-electron chi connectivity index (χ2n) is 14.2.